The lowest BCUT2D eigenvalue weighted by Crippen LogP contribution is -2.38. The molecule has 0 aromatic heterocycles. The summed E-state index contributed by atoms with van der Waals surface area (Å²) < 4.78 is 19.2. The highest BCUT2D eigenvalue weighted by Crippen LogP contribution is 2.36. The van der Waals surface area contributed by atoms with Crippen LogP contribution in [0.4, 0.5) is 14.9 Å². The topological polar surface area (TPSA) is 91.2 Å². The number of ether oxygens (including phenoxy) is 1. The first-order chi connectivity index (χ1) is 16.1. The molecule has 1 atom stereocenters. The number of ketones is 1. The number of carbonyl (C=O) groups is 2. The predicted molar refractivity (Wildman–Crippen MR) is 132 cm³/mol. The molecule has 0 aliphatic heterocycles. The Balaban J connectivity index is 2.10. The van der Waals surface area contributed by atoms with E-state index in [0.29, 0.717) is 57.4 Å². The third-order valence-electron chi connectivity index (χ3n) is 5.22. The monoisotopic (exact) mass is 527 g/mol. The van der Waals surface area contributed by atoms with E-state index in [-0.39, 0.29) is 5.78 Å². The average Bonchev–Trinajstić information content (AvgIpc) is 2.77. The largest absolute Gasteiger partial charge is 0.444 e. The first-order valence-corrected chi connectivity index (χ1v) is 11.8. The van der Waals surface area contributed by atoms with Crippen molar-refractivity contribution in [2.45, 2.75) is 58.4 Å². The second kappa shape index (κ2) is 10.8. The van der Waals surface area contributed by atoms with Crippen LogP contribution in [0.5, 0.6) is 0 Å². The first-order valence-electron chi connectivity index (χ1n) is 11.0. The molecule has 0 saturated heterocycles. The zero-order valence-electron chi connectivity index (χ0n) is 19.4. The van der Waals surface area contributed by atoms with Crippen LogP contribution >= 0.6 is 15.9 Å². The summed E-state index contributed by atoms with van der Waals surface area (Å²) in [7, 11) is 0. The number of hydrogen-bond donors (Lipinski definition) is 2. The lowest BCUT2D eigenvalue weighted by Gasteiger charge is -2.30. The Morgan fingerprint density at radius 3 is 2.65 bits per heavy atom. The summed E-state index contributed by atoms with van der Waals surface area (Å²) in [6.45, 7) is 4.68. The van der Waals surface area contributed by atoms with E-state index in [0.717, 1.165) is 0 Å². The molecule has 0 radical (unpaired) electrons. The number of alkyl halides is 1. The molecule has 0 spiro atoms. The molecule has 0 bridgehead atoms. The second-order valence-corrected chi connectivity index (χ2v) is 9.91. The number of anilines is 1. The number of nitrogens with zero attached hydrogens (tertiary/aromatic N) is 1. The van der Waals surface area contributed by atoms with Crippen molar-refractivity contribution in [2.24, 2.45) is 0 Å². The number of nitrogens with one attached hydrogen (secondary N) is 2. The van der Waals surface area contributed by atoms with Gasteiger partial charge in [0.25, 0.3) is 0 Å². The van der Waals surface area contributed by atoms with Crippen LogP contribution in [0.25, 0.3) is 0 Å². The summed E-state index contributed by atoms with van der Waals surface area (Å²) in [4.78, 5) is 26.0. The van der Waals surface area contributed by atoms with Gasteiger partial charge < -0.3 is 15.4 Å². The maximum Gasteiger partial charge on any atom is 0.408 e. The van der Waals surface area contributed by atoms with Gasteiger partial charge >= 0.3 is 6.09 Å². The molecule has 178 valence electrons. The van der Waals surface area contributed by atoms with Crippen molar-refractivity contribution in [3.8, 4) is 6.07 Å². The highest BCUT2D eigenvalue weighted by Gasteiger charge is 2.32. The van der Waals surface area contributed by atoms with E-state index in [1.165, 1.54) is 0 Å². The standard InChI is InChI=1S/C26H27BrFN3O3/c1-26(2,3)34-25(33)31-24(19-11-10-17(15-29)13-20(19)27)23-21(8-5-9-22(23)32)30-18-7-4-6-16(12-18)14-28/h4,6-7,10-13,24,30H,5,8-9,14H2,1-3H3,(H,31,33). The molecular formula is C26H27BrFN3O3. The van der Waals surface area contributed by atoms with Crippen LogP contribution < -0.4 is 10.6 Å². The van der Waals surface area contributed by atoms with Gasteiger partial charge in [-0.15, -0.1) is 0 Å². The average molecular weight is 528 g/mol. The molecule has 1 amide bonds. The normalized spacial score (nSPS) is 14.9. The van der Waals surface area contributed by atoms with E-state index in [9.17, 15) is 19.2 Å². The summed E-state index contributed by atoms with van der Waals surface area (Å²) >= 11 is 3.49. The molecule has 1 aliphatic rings. The summed E-state index contributed by atoms with van der Waals surface area (Å²) in [6, 6.07) is 13.2. The summed E-state index contributed by atoms with van der Waals surface area (Å²) in [6.07, 6.45) is 0.909. The summed E-state index contributed by atoms with van der Waals surface area (Å²) in [5.41, 5.74) is 2.58. The number of hydrogen-bond acceptors (Lipinski definition) is 5. The molecule has 2 aromatic carbocycles. The minimum atomic E-state index is -0.823. The molecule has 2 aromatic rings. The molecule has 2 N–H and O–H groups in total. The van der Waals surface area contributed by atoms with Gasteiger partial charge in [-0.1, -0.05) is 34.1 Å². The number of carbonyl (C=O) groups excluding carboxylic acids is 2. The Hall–Kier alpha value is -3.18. The van der Waals surface area contributed by atoms with Crippen LogP contribution in [0.15, 0.2) is 58.2 Å². The number of nitriles is 1. The van der Waals surface area contributed by atoms with Crippen molar-refractivity contribution in [1.29, 1.82) is 5.26 Å². The fraction of sp³-hybridized carbons (Fsp3) is 0.346. The van der Waals surface area contributed by atoms with E-state index < -0.39 is 24.4 Å². The Kier molecular flexibility index (Phi) is 8.11. The van der Waals surface area contributed by atoms with E-state index >= 15 is 0 Å². The molecule has 3 rings (SSSR count). The van der Waals surface area contributed by atoms with Gasteiger partial charge in [-0.25, -0.2) is 9.18 Å². The SMILES string of the molecule is CC(C)(C)OC(=O)NC(C1=C(Nc2cccc(CF)c2)CCCC1=O)c1ccc(C#N)cc1Br. The number of benzene rings is 2. The third kappa shape index (κ3) is 6.45. The number of allylic oxidation sites excluding steroid dienone is 1. The van der Waals surface area contributed by atoms with Crippen LogP contribution in [-0.4, -0.2) is 17.5 Å². The minimum Gasteiger partial charge on any atom is -0.444 e. The fourth-order valence-corrected chi connectivity index (χ4v) is 4.40. The smallest absolute Gasteiger partial charge is 0.408 e. The molecule has 0 heterocycles. The van der Waals surface area contributed by atoms with Gasteiger partial charge in [0.1, 0.15) is 12.3 Å². The zero-order chi connectivity index (χ0) is 24.9. The lowest BCUT2D eigenvalue weighted by atomic mass is 9.86. The zero-order valence-corrected chi connectivity index (χ0v) is 21.0. The van der Waals surface area contributed by atoms with Crippen LogP contribution in [0.1, 0.15) is 62.8 Å². The van der Waals surface area contributed by atoms with Crippen molar-refractivity contribution < 1.29 is 18.7 Å². The van der Waals surface area contributed by atoms with Crippen molar-refractivity contribution in [2.75, 3.05) is 5.32 Å². The van der Waals surface area contributed by atoms with Gasteiger partial charge in [-0.2, -0.15) is 5.26 Å². The van der Waals surface area contributed by atoms with Crippen molar-refractivity contribution >= 4 is 33.5 Å². The van der Waals surface area contributed by atoms with Gasteiger partial charge in [0.2, 0.25) is 0 Å². The first kappa shape index (κ1) is 25.4. The molecule has 34 heavy (non-hydrogen) atoms. The van der Waals surface area contributed by atoms with Crippen LogP contribution in [-0.2, 0) is 16.2 Å². The molecule has 6 nitrogen and oxygen atoms in total. The van der Waals surface area contributed by atoms with Crippen molar-refractivity contribution in [1.82, 2.24) is 5.32 Å². The highest BCUT2D eigenvalue weighted by atomic mass is 79.9. The number of amides is 1. The number of rotatable bonds is 6. The minimum absolute atomic E-state index is 0.104. The molecular weight excluding hydrogens is 501 g/mol. The van der Waals surface area contributed by atoms with E-state index in [2.05, 4.69) is 32.6 Å². The number of halogens is 2. The van der Waals surface area contributed by atoms with E-state index in [4.69, 9.17) is 4.74 Å². The molecule has 0 saturated carbocycles. The highest BCUT2D eigenvalue weighted by molar-refractivity contribution is 9.10. The quantitative estimate of drug-likeness (QED) is 0.448. The van der Waals surface area contributed by atoms with Crippen molar-refractivity contribution in [3.05, 3.63) is 74.9 Å². The molecule has 0 fully saturated rings. The van der Waals surface area contributed by atoms with Gasteiger partial charge in [0.15, 0.2) is 5.78 Å². The summed E-state index contributed by atoms with van der Waals surface area (Å²) in [5, 5.41) is 15.4. The molecule has 8 heteroatoms. The van der Waals surface area contributed by atoms with E-state index in [1.54, 1.807) is 63.2 Å². The van der Waals surface area contributed by atoms with E-state index in [1.807, 2.05) is 0 Å². The Morgan fingerprint density at radius 2 is 2.00 bits per heavy atom. The Morgan fingerprint density at radius 1 is 1.24 bits per heavy atom. The Labute approximate surface area is 207 Å². The van der Waals surface area contributed by atoms with Crippen LogP contribution in [0, 0.1) is 11.3 Å². The van der Waals surface area contributed by atoms with Crippen molar-refractivity contribution in [3.63, 3.8) is 0 Å². The van der Waals surface area contributed by atoms with Gasteiger partial charge in [-0.3, -0.25) is 4.79 Å². The van der Waals surface area contributed by atoms with Crippen LogP contribution in [0.2, 0.25) is 0 Å². The predicted octanol–water partition coefficient (Wildman–Crippen LogP) is 6.48. The van der Waals surface area contributed by atoms with Gasteiger partial charge in [0, 0.05) is 27.9 Å². The van der Waals surface area contributed by atoms with Gasteiger partial charge in [0.05, 0.1) is 17.7 Å². The Bertz CT molecular complexity index is 1160. The maximum atomic E-state index is 13.2. The number of Topliss-reactive ketones (excluding diaryl/α,β-unsaturated/α-hetero) is 1. The second-order valence-electron chi connectivity index (χ2n) is 9.06. The van der Waals surface area contributed by atoms with Gasteiger partial charge in [-0.05, 0) is 69.0 Å². The third-order valence-corrected chi connectivity index (χ3v) is 5.91. The maximum absolute atomic E-state index is 13.2. The summed E-state index contributed by atoms with van der Waals surface area (Å²) in [5.74, 6) is -0.104. The lowest BCUT2D eigenvalue weighted by molar-refractivity contribution is -0.116. The fourth-order valence-electron chi connectivity index (χ4n) is 3.80. The molecule has 1 aliphatic carbocycles. The number of alkyl carbamates (subject to hydrolysis) is 1. The van der Waals surface area contributed by atoms with Crippen LogP contribution in [0.3, 0.4) is 0 Å². The molecule has 1 unspecified atom stereocenters.